The van der Waals surface area contributed by atoms with Crippen LogP contribution in [-0.4, -0.2) is 34.3 Å². The highest BCUT2D eigenvalue weighted by atomic mass is 19.4. The van der Waals surface area contributed by atoms with Crippen molar-refractivity contribution in [3.8, 4) is 5.75 Å². The van der Waals surface area contributed by atoms with Crippen LogP contribution in [0.15, 0.2) is 66.1 Å². The minimum atomic E-state index is -4.85. The van der Waals surface area contributed by atoms with Crippen LogP contribution >= 0.6 is 0 Å². The normalized spacial score (nSPS) is 12.0. The highest BCUT2D eigenvalue weighted by Gasteiger charge is 2.31. The molecule has 1 aromatic heterocycles. The van der Waals surface area contributed by atoms with E-state index >= 15 is 0 Å². The average molecular weight is 478 g/mol. The van der Waals surface area contributed by atoms with Gasteiger partial charge in [0, 0.05) is 18.0 Å². The summed E-state index contributed by atoms with van der Waals surface area (Å²) in [7, 11) is 0. The summed E-state index contributed by atoms with van der Waals surface area (Å²) < 4.78 is 56.7. The number of ether oxygens (including phenoxy) is 1. The largest absolute Gasteiger partial charge is 0.573 e. The zero-order chi connectivity index (χ0) is 24.7. The van der Waals surface area contributed by atoms with Gasteiger partial charge >= 0.3 is 12.3 Å². The predicted octanol–water partition coefficient (Wildman–Crippen LogP) is 5.65. The standard InChI is InChI=1S/C24H22F4N2O4/c1-2-10-33-29-22(17-4-3-5-20(12-17)34-24(26,27)28)15-30-13-18(21(14-30)23(31)32)11-16-6-8-19(25)9-7-16/h3-9,12-14H,2,10-11,15H2,1H3,(H,31,32)/b29-22+. The zero-order valence-electron chi connectivity index (χ0n) is 18.2. The number of aromatic carboxylic acids is 1. The molecule has 10 heteroatoms. The monoisotopic (exact) mass is 478 g/mol. The van der Waals surface area contributed by atoms with Crippen LogP contribution in [0.2, 0.25) is 0 Å². The summed E-state index contributed by atoms with van der Waals surface area (Å²) in [6, 6.07) is 11.0. The minimum Gasteiger partial charge on any atom is -0.478 e. The molecule has 3 aromatic rings. The van der Waals surface area contributed by atoms with Crippen molar-refractivity contribution in [1.29, 1.82) is 0 Å². The molecule has 0 unspecified atom stereocenters. The molecule has 0 bridgehead atoms. The Morgan fingerprint density at radius 1 is 1.12 bits per heavy atom. The number of benzene rings is 2. The highest BCUT2D eigenvalue weighted by molar-refractivity contribution is 6.00. The first kappa shape index (κ1) is 24.8. The van der Waals surface area contributed by atoms with Gasteiger partial charge in [0.15, 0.2) is 0 Å². The Morgan fingerprint density at radius 2 is 1.85 bits per heavy atom. The third-order valence-corrected chi connectivity index (χ3v) is 4.70. The number of oxime groups is 1. The Bertz CT molecular complexity index is 1150. The van der Waals surface area contributed by atoms with E-state index in [4.69, 9.17) is 4.84 Å². The third-order valence-electron chi connectivity index (χ3n) is 4.70. The molecule has 0 spiro atoms. The summed E-state index contributed by atoms with van der Waals surface area (Å²) in [6.45, 7) is 2.20. The van der Waals surface area contributed by atoms with Crippen LogP contribution < -0.4 is 4.74 Å². The lowest BCUT2D eigenvalue weighted by atomic mass is 10.0. The molecule has 0 aliphatic carbocycles. The molecule has 0 aliphatic heterocycles. The molecule has 2 aromatic carbocycles. The second-order valence-corrected chi connectivity index (χ2v) is 7.42. The van der Waals surface area contributed by atoms with E-state index in [-0.39, 0.29) is 24.2 Å². The first-order chi connectivity index (χ1) is 16.1. The number of hydrogen-bond acceptors (Lipinski definition) is 4. The van der Waals surface area contributed by atoms with Gasteiger partial charge in [-0.15, -0.1) is 13.2 Å². The van der Waals surface area contributed by atoms with E-state index in [1.54, 1.807) is 29.0 Å². The SMILES string of the molecule is CCCO/N=C(\Cn1cc(Cc2ccc(F)cc2)c(C(=O)O)c1)c1cccc(OC(F)(F)F)c1. The number of rotatable bonds is 10. The Balaban J connectivity index is 1.91. The number of halogens is 4. The van der Waals surface area contributed by atoms with Crippen molar-refractivity contribution in [3.05, 3.63) is 89.0 Å². The van der Waals surface area contributed by atoms with Gasteiger partial charge in [-0.2, -0.15) is 0 Å². The predicted molar refractivity (Wildman–Crippen MR) is 117 cm³/mol. The number of aromatic nitrogens is 1. The Hall–Kier alpha value is -3.82. The summed E-state index contributed by atoms with van der Waals surface area (Å²) in [5, 5.41) is 13.7. The number of alkyl halides is 3. The first-order valence-corrected chi connectivity index (χ1v) is 10.4. The molecule has 0 saturated heterocycles. The van der Waals surface area contributed by atoms with Gasteiger partial charge in [-0.05, 0) is 48.2 Å². The Labute approximate surface area is 193 Å². The number of carboxylic acid groups (broad SMARTS) is 1. The maximum Gasteiger partial charge on any atom is 0.573 e. The number of carboxylic acids is 1. The summed E-state index contributed by atoms with van der Waals surface area (Å²) in [5.41, 5.74) is 1.86. The molecule has 1 N–H and O–H groups in total. The minimum absolute atomic E-state index is 0.0306. The molecule has 0 saturated carbocycles. The number of carbonyl (C=O) groups is 1. The van der Waals surface area contributed by atoms with Gasteiger partial charge in [-0.25, -0.2) is 9.18 Å². The van der Waals surface area contributed by atoms with Crippen LogP contribution in [0.3, 0.4) is 0 Å². The molecule has 180 valence electrons. The molecular formula is C24H22F4N2O4. The molecule has 3 rings (SSSR count). The Kier molecular flexibility index (Phi) is 7.93. The zero-order valence-corrected chi connectivity index (χ0v) is 18.2. The van der Waals surface area contributed by atoms with Crippen molar-refractivity contribution in [1.82, 2.24) is 4.57 Å². The van der Waals surface area contributed by atoms with Crippen LogP contribution in [0, 0.1) is 5.82 Å². The third kappa shape index (κ3) is 7.09. The molecule has 0 fully saturated rings. The van der Waals surface area contributed by atoms with Crippen molar-refractivity contribution >= 4 is 11.7 Å². The molecule has 6 nitrogen and oxygen atoms in total. The lowest BCUT2D eigenvalue weighted by Crippen LogP contribution is -2.18. The molecule has 0 atom stereocenters. The van der Waals surface area contributed by atoms with Crippen LogP contribution in [-0.2, 0) is 17.8 Å². The topological polar surface area (TPSA) is 73.1 Å². The summed E-state index contributed by atoms with van der Waals surface area (Å²) in [6.07, 6.45) is -0.906. The molecule has 0 aliphatic rings. The summed E-state index contributed by atoms with van der Waals surface area (Å²) in [4.78, 5) is 17.0. The molecule has 34 heavy (non-hydrogen) atoms. The van der Waals surface area contributed by atoms with E-state index in [0.29, 0.717) is 24.2 Å². The first-order valence-electron chi connectivity index (χ1n) is 10.4. The van der Waals surface area contributed by atoms with Crippen LogP contribution in [0.4, 0.5) is 17.6 Å². The lowest BCUT2D eigenvalue weighted by molar-refractivity contribution is -0.274. The maximum atomic E-state index is 13.2. The van der Waals surface area contributed by atoms with Gasteiger partial charge in [0.25, 0.3) is 0 Å². The molecule has 1 heterocycles. The van der Waals surface area contributed by atoms with Crippen molar-refractivity contribution in [2.24, 2.45) is 5.16 Å². The number of nitrogens with zero attached hydrogens (tertiary/aromatic N) is 2. The fraction of sp³-hybridized carbons (Fsp3) is 0.250. The maximum absolute atomic E-state index is 13.2. The van der Waals surface area contributed by atoms with E-state index in [1.807, 2.05) is 6.92 Å². The van der Waals surface area contributed by atoms with Crippen LogP contribution in [0.5, 0.6) is 5.75 Å². The van der Waals surface area contributed by atoms with E-state index in [0.717, 1.165) is 5.56 Å². The fourth-order valence-corrected chi connectivity index (χ4v) is 3.24. The summed E-state index contributed by atoms with van der Waals surface area (Å²) >= 11 is 0. The van der Waals surface area contributed by atoms with Crippen molar-refractivity contribution in [2.45, 2.75) is 32.7 Å². The lowest BCUT2D eigenvalue weighted by Gasteiger charge is -2.12. The van der Waals surface area contributed by atoms with Crippen LogP contribution in [0.1, 0.15) is 40.4 Å². The van der Waals surface area contributed by atoms with Crippen molar-refractivity contribution < 1.29 is 37.0 Å². The fourth-order valence-electron chi connectivity index (χ4n) is 3.24. The second-order valence-electron chi connectivity index (χ2n) is 7.42. The van der Waals surface area contributed by atoms with Gasteiger partial charge in [0.1, 0.15) is 23.9 Å². The molecule has 0 radical (unpaired) electrons. The smallest absolute Gasteiger partial charge is 0.478 e. The van der Waals surface area contributed by atoms with Gasteiger partial charge in [-0.3, -0.25) is 0 Å². The van der Waals surface area contributed by atoms with E-state index in [2.05, 4.69) is 9.89 Å². The summed E-state index contributed by atoms with van der Waals surface area (Å²) in [5.74, 6) is -1.95. The average Bonchev–Trinajstić information content (AvgIpc) is 3.16. The van der Waals surface area contributed by atoms with Crippen molar-refractivity contribution in [3.63, 3.8) is 0 Å². The van der Waals surface area contributed by atoms with E-state index in [1.165, 1.54) is 36.5 Å². The molecular weight excluding hydrogens is 456 g/mol. The highest BCUT2D eigenvalue weighted by Crippen LogP contribution is 2.24. The van der Waals surface area contributed by atoms with Crippen LogP contribution in [0.25, 0.3) is 0 Å². The van der Waals surface area contributed by atoms with Crippen molar-refractivity contribution in [2.75, 3.05) is 6.61 Å². The van der Waals surface area contributed by atoms with Gasteiger partial charge < -0.3 is 19.2 Å². The quantitative estimate of drug-likeness (QED) is 0.177. The van der Waals surface area contributed by atoms with Gasteiger partial charge in [0.05, 0.1) is 12.1 Å². The molecule has 0 amide bonds. The second kappa shape index (κ2) is 10.9. The van der Waals surface area contributed by atoms with Gasteiger partial charge in [-0.1, -0.05) is 36.3 Å². The van der Waals surface area contributed by atoms with E-state index < -0.39 is 23.9 Å². The Morgan fingerprint density at radius 3 is 2.50 bits per heavy atom. The van der Waals surface area contributed by atoms with E-state index in [9.17, 15) is 27.5 Å². The van der Waals surface area contributed by atoms with Gasteiger partial charge in [0.2, 0.25) is 0 Å². The number of hydrogen-bond donors (Lipinski definition) is 1.